The average molecular weight is 293 g/mol. The lowest BCUT2D eigenvalue weighted by atomic mass is 10.1. The number of ether oxygens (including phenoxy) is 2. The van der Waals surface area contributed by atoms with Crippen LogP contribution in [0.5, 0.6) is 0 Å². The van der Waals surface area contributed by atoms with Gasteiger partial charge in [-0.3, -0.25) is 4.79 Å². The van der Waals surface area contributed by atoms with E-state index < -0.39 is 0 Å². The van der Waals surface area contributed by atoms with E-state index in [0.29, 0.717) is 13.2 Å². The van der Waals surface area contributed by atoms with E-state index in [1.165, 1.54) is 0 Å². The molecule has 0 fully saturated rings. The van der Waals surface area contributed by atoms with Crippen LogP contribution in [0.1, 0.15) is 11.6 Å². The van der Waals surface area contributed by atoms with Gasteiger partial charge in [0.1, 0.15) is 6.04 Å². The summed E-state index contributed by atoms with van der Waals surface area (Å²) in [5.74, 6) is -0.00927. The Labute approximate surface area is 125 Å². The summed E-state index contributed by atoms with van der Waals surface area (Å²) in [6.07, 6.45) is 0. The number of likely N-dealkylation sites (N-methyl/N-ethyl adjacent to an activating group) is 1. The predicted molar refractivity (Wildman–Crippen MR) is 82.8 cm³/mol. The number of anilines is 2. The van der Waals surface area contributed by atoms with Crippen molar-refractivity contribution in [2.45, 2.75) is 6.04 Å². The number of amides is 1. The second-order valence-corrected chi connectivity index (χ2v) is 4.96. The van der Waals surface area contributed by atoms with Crippen LogP contribution in [0.3, 0.4) is 0 Å². The maximum atomic E-state index is 11.9. The Balaban J connectivity index is 2.19. The highest BCUT2D eigenvalue weighted by molar-refractivity contribution is 6.03. The summed E-state index contributed by atoms with van der Waals surface area (Å²) in [6.45, 7) is 2.85. The zero-order chi connectivity index (χ0) is 15.2. The zero-order valence-corrected chi connectivity index (χ0v) is 12.8. The molecule has 1 heterocycles. The number of nitrogens with zero attached hydrogens (tertiary/aromatic N) is 1. The molecule has 1 aromatic rings. The summed E-state index contributed by atoms with van der Waals surface area (Å²) in [7, 11) is 5.17. The molecule has 21 heavy (non-hydrogen) atoms. The number of carbonyl (C=O) groups excluding carboxylic acids is 1. The van der Waals surface area contributed by atoms with Gasteiger partial charge in [-0.1, -0.05) is 6.07 Å². The summed E-state index contributed by atoms with van der Waals surface area (Å²) in [4.78, 5) is 14.0. The third-order valence-corrected chi connectivity index (χ3v) is 3.65. The van der Waals surface area contributed by atoms with Crippen molar-refractivity contribution in [3.05, 3.63) is 23.8 Å². The molecular weight excluding hydrogens is 270 g/mol. The first-order chi connectivity index (χ1) is 10.2. The normalized spacial score (nSPS) is 16.7. The molecule has 2 N–H and O–H groups in total. The van der Waals surface area contributed by atoms with Crippen LogP contribution in [0, 0.1) is 0 Å². The van der Waals surface area contributed by atoms with Crippen molar-refractivity contribution in [3.8, 4) is 0 Å². The van der Waals surface area contributed by atoms with E-state index in [9.17, 15) is 4.79 Å². The Hall–Kier alpha value is -1.63. The van der Waals surface area contributed by atoms with Gasteiger partial charge in [0.05, 0.1) is 13.2 Å². The van der Waals surface area contributed by atoms with Crippen LogP contribution in [-0.4, -0.2) is 53.5 Å². The van der Waals surface area contributed by atoms with Crippen molar-refractivity contribution < 1.29 is 14.3 Å². The number of hydrogen-bond donors (Lipinski definition) is 2. The Morgan fingerprint density at radius 2 is 1.90 bits per heavy atom. The van der Waals surface area contributed by atoms with Gasteiger partial charge < -0.3 is 25.0 Å². The molecule has 0 aliphatic carbocycles. The second kappa shape index (κ2) is 7.40. The van der Waals surface area contributed by atoms with E-state index in [1.807, 2.05) is 18.2 Å². The van der Waals surface area contributed by atoms with E-state index in [0.717, 1.165) is 30.0 Å². The molecular formula is C15H23N3O3. The lowest BCUT2D eigenvalue weighted by Gasteiger charge is -2.25. The number of carbonyl (C=O) groups is 1. The minimum Gasteiger partial charge on any atom is -0.383 e. The number of hydrogen-bond acceptors (Lipinski definition) is 5. The van der Waals surface area contributed by atoms with Gasteiger partial charge in [-0.15, -0.1) is 0 Å². The van der Waals surface area contributed by atoms with Gasteiger partial charge in [0.15, 0.2) is 0 Å². The maximum absolute atomic E-state index is 11.9. The second-order valence-electron chi connectivity index (χ2n) is 4.96. The summed E-state index contributed by atoms with van der Waals surface area (Å²) in [5, 5.41) is 5.94. The molecule has 0 saturated heterocycles. The van der Waals surface area contributed by atoms with E-state index in [4.69, 9.17) is 9.47 Å². The molecule has 1 atom stereocenters. The van der Waals surface area contributed by atoms with Crippen molar-refractivity contribution >= 4 is 17.3 Å². The van der Waals surface area contributed by atoms with Gasteiger partial charge >= 0.3 is 0 Å². The van der Waals surface area contributed by atoms with Gasteiger partial charge in [0.2, 0.25) is 5.91 Å². The van der Waals surface area contributed by atoms with E-state index in [2.05, 4.69) is 15.5 Å². The molecule has 1 amide bonds. The summed E-state index contributed by atoms with van der Waals surface area (Å²) in [5.41, 5.74) is 2.92. The van der Waals surface area contributed by atoms with Crippen molar-refractivity contribution in [1.82, 2.24) is 5.32 Å². The topological polar surface area (TPSA) is 62.8 Å². The molecule has 1 aromatic carbocycles. The van der Waals surface area contributed by atoms with Crippen molar-refractivity contribution in [2.24, 2.45) is 0 Å². The van der Waals surface area contributed by atoms with Crippen molar-refractivity contribution in [2.75, 3.05) is 57.8 Å². The van der Waals surface area contributed by atoms with Gasteiger partial charge in [-0.05, 0) is 19.2 Å². The summed E-state index contributed by atoms with van der Waals surface area (Å²) >= 11 is 0. The van der Waals surface area contributed by atoms with Crippen LogP contribution in [-0.2, 0) is 14.3 Å². The molecule has 1 unspecified atom stereocenters. The van der Waals surface area contributed by atoms with Gasteiger partial charge in [-0.25, -0.2) is 0 Å². The van der Waals surface area contributed by atoms with E-state index in [-0.39, 0.29) is 11.9 Å². The lowest BCUT2D eigenvalue weighted by Crippen LogP contribution is -2.30. The third-order valence-electron chi connectivity index (χ3n) is 3.65. The lowest BCUT2D eigenvalue weighted by molar-refractivity contribution is -0.117. The molecule has 0 radical (unpaired) electrons. The highest BCUT2D eigenvalue weighted by Gasteiger charge is 2.29. The van der Waals surface area contributed by atoms with Crippen LogP contribution < -0.4 is 15.5 Å². The van der Waals surface area contributed by atoms with Crippen molar-refractivity contribution in [1.29, 1.82) is 0 Å². The number of benzene rings is 1. The Morgan fingerprint density at radius 3 is 2.48 bits per heavy atom. The fourth-order valence-electron chi connectivity index (χ4n) is 2.51. The molecule has 1 aliphatic heterocycles. The molecule has 0 aromatic heterocycles. The molecule has 0 spiro atoms. The maximum Gasteiger partial charge on any atom is 0.246 e. The SMILES string of the molecule is CNC1C(=O)Nc2cc(N(CCOC)CCOC)ccc21. The fraction of sp³-hybridized carbons (Fsp3) is 0.533. The predicted octanol–water partition coefficient (Wildman–Crippen LogP) is 0.998. The summed E-state index contributed by atoms with van der Waals surface area (Å²) in [6, 6.07) is 5.78. The highest BCUT2D eigenvalue weighted by Crippen LogP contribution is 2.33. The molecule has 116 valence electrons. The molecule has 0 bridgehead atoms. The van der Waals surface area contributed by atoms with Gasteiger partial charge in [-0.2, -0.15) is 0 Å². The number of nitrogens with one attached hydrogen (secondary N) is 2. The fourth-order valence-corrected chi connectivity index (χ4v) is 2.51. The minimum absolute atomic E-state index is 0.00927. The smallest absolute Gasteiger partial charge is 0.246 e. The van der Waals surface area contributed by atoms with Crippen LogP contribution in [0.15, 0.2) is 18.2 Å². The van der Waals surface area contributed by atoms with Crippen LogP contribution in [0.25, 0.3) is 0 Å². The quantitative estimate of drug-likeness (QED) is 0.748. The first kappa shape index (κ1) is 15.8. The van der Waals surface area contributed by atoms with Crippen molar-refractivity contribution in [3.63, 3.8) is 0 Å². The molecule has 2 rings (SSSR count). The molecule has 0 saturated carbocycles. The Morgan fingerprint density at radius 1 is 1.24 bits per heavy atom. The average Bonchev–Trinajstić information content (AvgIpc) is 2.81. The first-order valence-corrected chi connectivity index (χ1v) is 7.06. The number of methoxy groups -OCH3 is 2. The van der Waals surface area contributed by atoms with E-state index in [1.54, 1.807) is 21.3 Å². The van der Waals surface area contributed by atoms with Crippen LogP contribution in [0.4, 0.5) is 11.4 Å². The number of rotatable bonds is 8. The molecule has 1 aliphatic rings. The molecule has 6 heteroatoms. The highest BCUT2D eigenvalue weighted by atomic mass is 16.5. The summed E-state index contributed by atoms with van der Waals surface area (Å²) < 4.78 is 10.3. The first-order valence-electron chi connectivity index (χ1n) is 7.06. The van der Waals surface area contributed by atoms with Gasteiger partial charge in [0.25, 0.3) is 0 Å². The van der Waals surface area contributed by atoms with Gasteiger partial charge in [0, 0.05) is 44.2 Å². The monoisotopic (exact) mass is 293 g/mol. The Kier molecular flexibility index (Phi) is 5.55. The standard InChI is InChI=1S/C15H23N3O3/c1-16-14-12-5-4-11(10-13(12)17-15(14)19)18(6-8-20-2)7-9-21-3/h4-5,10,14,16H,6-9H2,1-3H3,(H,17,19). The number of fused-ring (bicyclic) bond motifs is 1. The van der Waals surface area contributed by atoms with Crippen LogP contribution >= 0.6 is 0 Å². The third kappa shape index (κ3) is 3.53. The molecule has 6 nitrogen and oxygen atoms in total. The zero-order valence-electron chi connectivity index (χ0n) is 12.8. The Bertz CT molecular complexity index is 485. The largest absolute Gasteiger partial charge is 0.383 e. The minimum atomic E-state index is -0.263. The van der Waals surface area contributed by atoms with E-state index >= 15 is 0 Å². The van der Waals surface area contributed by atoms with Crippen LogP contribution in [0.2, 0.25) is 0 Å².